The highest BCUT2D eigenvalue weighted by atomic mass is 16.5. The second-order valence-electron chi connectivity index (χ2n) is 5.48. The molecular weight excluding hydrogens is 246 g/mol. The molecular formula is C18H21NO. The van der Waals surface area contributed by atoms with E-state index in [9.17, 15) is 0 Å². The van der Waals surface area contributed by atoms with Crippen molar-refractivity contribution in [3.63, 3.8) is 0 Å². The largest absolute Gasteiger partial charge is 0.371 e. The van der Waals surface area contributed by atoms with E-state index in [1.807, 2.05) is 6.07 Å². The molecule has 2 aromatic carbocycles. The molecule has 104 valence electrons. The number of hydrogen-bond acceptors (Lipinski definition) is 2. The van der Waals surface area contributed by atoms with Crippen molar-refractivity contribution >= 4 is 0 Å². The van der Waals surface area contributed by atoms with E-state index in [1.54, 1.807) is 0 Å². The van der Waals surface area contributed by atoms with Gasteiger partial charge in [0.05, 0.1) is 12.7 Å². The molecule has 1 saturated heterocycles. The first-order valence-corrected chi connectivity index (χ1v) is 7.28. The van der Waals surface area contributed by atoms with Crippen LogP contribution in [-0.4, -0.2) is 18.7 Å². The number of benzene rings is 2. The lowest BCUT2D eigenvalue weighted by molar-refractivity contribution is 0.0259. The Morgan fingerprint density at radius 3 is 2.35 bits per heavy atom. The molecule has 0 saturated carbocycles. The van der Waals surface area contributed by atoms with Gasteiger partial charge in [-0.25, -0.2) is 0 Å². The minimum absolute atomic E-state index is 0.234. The van der Waals surface area contributed by atoms with Crippen LogP contribution in [0.3, 0.4) is 0 Å². The molecule has 0 amide bonds. The van der Waals surface area contributed by atoms with Gasteiger partial charge in [-0.1, -0.05) is 60.7 Å². The maximum absolute atomic E-state index is 6.21. The van der Waals surface area contributed by atoms with Crippen molar-refractivity contribution in [3.05, 3.63) is 71.8 Å². The van der Waals surface area contributed by atoms with Gasteiger partial charge in [-0.3, -0.25) is 0 Å². The summed E-state index contributed by atoms with van der Waals surface area (Å²) in [7, 11) is 0. The van der Waals surface area contributed by atoms with Crippen LogP contribution in [0, 0.1) is 0 Å². The summed E-state index contributed by atoms with van der Waals surface area (Å²) in [4.78, 5) is 0. The van der Waals surface area contributed by atoms with Gasteiger partial charge in [0, 0.05) is 18.5 Å². The molecule has 0 spiro atoms. The fourth-order valence-corrected chi connectivity index (χ4v) is 2.93. The number of rotatable bonds is 4. The predicted molar refractivity (Wildman–Crippen MR) is 81.7 cm³/mol. The molecule has 3 rings (SSSR count). The number of ether oxygens (including phenoxy) is 1. The van der Waals surface area contributed by atoms with Gasteiger partial charge in [0.1, 0.15) is 0 Å². The number of nitrogens with one attached hydrogen (secondary N) is 1. The molecule has 1 fully saturated rings. The minimum atomic E-state index is 0.234. The predicted octanol–water partition coefficient (Wildman–Crippen LogP) is 3.35. The third-order valence-corrected chi connectivity index (χ3v) is 4.06. The third kappa shape index (κ3) is 2.92. The lowest BCUT2D eigenvalue weighted by Gasteiger charge is -2.23. The van der Waals surface area contributed by atoms with E-state index in [-0.39, 0.29) is 6.10 Å². The second-order valence-corrected chi connectivity index (χ2v) is 5.48. The summed E-state index contributed by atoms with van der Waals surface area (Å²) in [6, 6.07) is 21.4. The quantitative estimate of drug-likeness (QED) is 0.917. The van der Waals surface area contributed by atoms with Gasteiger partial charge >= 0.3 is 0 Å². The molecule has 2 heteroatoms. The standard InChI is InChI=1S/C18H21NO/c1-14-18(20-13-15-8-4-2-5-9-15)17(12-19-14)16-10-6-3-7-11-16/h2-11,14,17-19H,12-13H2,1H3/t14-,17?,18?/m1/s1. The minimum Gasteiger partial charge on any atom is -0.371 e. The van der Waals surface area contributed by atoms with E-state index in [1.165, 1.54) is 11.1 Å². The van der Waals surface area contributed by atoms with Gasteiger partial charge < -0.3 is 10.1 Å². The summed E-state index contributed by atoms with van der Waals surface area (Å²) in [5.74, 6) is 0.440. The van der Waals surface area contributed by atoms with Crippen molar-refractivity contribution in [1.29, 1.82) is 0 Å². The van der Waals surface area contributed by atoms with E-state index in [4.69, 9.17) is 4.74 Å². The molecule has 0 aromatic heterocycles. The van der Waals surface area contributed by atoms with Crippen LogP contribution in [0.25, 0.3) is 0 Å². The van der Waals surface area contributed by atoms with E-state index in [0.29, 0.717) is 18.6 Å². The van der Waals surface area contributed by atoms with Gasteiger partial charge in [-0.05, 0) is 18.1 Å². The van der Waals surface area contributed by atoms with Gasteiger partial charge in [0.2, 0.25) is 0 Å². The zero-order chi connectivity index (χ0) is 13.8. The Hall–Kier alpha value is -1.64. The Bertz CT molecular complexity index is 526. The van der Waals surface area contributed by atoms with Gasteiger partial charge in [-0.15, -0.1) is 0 Å². The zero-order valence-electron chi connectivity index (χ0n) is 11.8. The Kier molecular flexibility index (Phi) is 4.14. The van der Waals surface area contributed by atoms with Crippen LogP contribution in [0.1, 0.15) is 24.0 Å². The van der Waals surface area contributed by atoms with Gasteiger partial charge in [-0.2, -0.15) is 0 Å². The highest BCUT2D eigenvalue weighted by Gasteiger charge is 2.34. The third-order valence-electron chi connectivity index (χ3n) is 4.06. The zero-order valence-corrected chi connectivity index (χ0v) is 11.8. The van der Waals surface area contributed by atoms with Crippen LogP contribution in [0.4, 0.5) is 0 Å². The SMILES string of the molecule is C[C@H]1NCC(c2ccccc2)C1OCc1ccccc1. The van der Waals surface area contributed by atoms with Crippen LogP contribution >= 0.6 is 0 Å². The molecule has 1 aliphatic heterocycles. The molecule has 2 nitrogen and oxygen atoms in total. The molecule has 1 aliphatic rings. The van der Waals surface area contributed by atoms with E-state index in [0.717, 1.165) is 6.54 Å². The highest BCUT2D eigenvalue weighted by molar-refractivity contribution is 5.24. The lowest BCUT2D eigenvalue weighted by atomic mass is 9.94. The van der Waals surface area contributed by atoms with Gasteiger partial charge in [0.15, 0.2) is 0 Å². The first-order chi connectivity index (χ1) is 9.84. The summed E-state index contributed by atoms with van der Waals surface area (Å²) in [5.41, 5.74) is 2.60. The van der Waals surface area contributed by atoms with Crippen molar-refractivity contribution in [2.45, 2.75) is 31.6 Å². The first kappa shape index (κ1) is 13.3. The van der Waals surface area contributed by atoms with E-state index in [2.05, 4.69) is 66.8 Å². The summed E-state index contributed by atoms with van der Waals surface area (Å²) in [6.45, 7) is 3.88. The Labute approximate surface area is 120 Å². The fourth-order valence-electron chi connectivity index (χ4n) is 2.93. The Morgan fingerprint density at radius 1 is 1.00 bits per heavy atom. The molecule has 1 heterocycles. The van der Waals surface area contributed by atoms with E-state index < -0.39 is 0 Å². The molecule has 0 radical (unpaired) electrons. The van der Waals surface area contributed by atoms with Crippen molar-refractivity contribution in [3.8, 4) is 0 Å². The molecule has 1 N–H and O–H groups in total. The van der Waals surface area contributed by atoms with Gasteiger partial charge in [0.25, 0.3) is 0 Å². The van der Waals surface area contributed by atoms with Crippen molar-refractivity contribution in [2.24, 2.45) is 0 Å². The second kappa shape index (κ2) is 6.21. The van der Waals surface area contributed by atoms with Crippen molar-refractivity contribution in [2.75, 3.05) is 6.54 Å². The fraction of sp³-hybridized carbons (Fsp3) is 0.333. The molecule has 2 unspecified atom stereocenters. The average Bonchev–Trinajstić information content (AvgIpc) is 2.88. The first-order valence-electron chi connectivity index (χ1n) is 7.28. The summed E-state index contributed by atoms with van der Waals surface area (Å²) in [5, 5.41) is 3.53. The topological polar surface area (TPSA) is 21.3 Å². The molecule has 20 heavy (non-hydrogen) atoms. The maximum Gasteiger partial charge on any atom is 0.0810 e. The monoisotopic (exact) mass is 267 g/mol. The smallest absolute Gasteiger partial charge is 0.0810 e. The van der Waals surface area contributed by atoms with Crippen molar-refractivity contribution < 1.29 is 4.74 Å². The van der Waals surface area contributed by atoms with Crippen molar-refractivity contribution in [1.82, 2.24) is 5.32 Å². The Morgan fingerprint density at radius 2 is 1.65 bits per heavy atom. The molecule has 0 aliphatic carbocycles. The maximum atomic E-state index is 6.21. The van der Waals surface area contributed by atoms with Crippen LogP contribution in [0.15, 0.2) is 60.7 Å². The molecule has 0 bridgehead atoms. The summed E-state index contributed by atoms with van der Waals surface area (Å²) in [6.07, 6.45) is 0.234. The number of hydrogen-bond donors (Lipinski definition) is 1. The highest BCUT2D eigenvalue weighted by Crippen LogP contribution is 2.29. The lowest BCUT2D eigenvalue weighted by Crippen LogP contribution is -2.30. The summed E-state index contributed by atoms with van der Waals surface area (Å²) >= 11 is 0. The molecule has 2 aromatic rings. The normalized spacial score (nSPS) is 25.8. The van der Waals surface area contributed by atoms with Crippen LogP contribution in [0.5, 0.6) is 0 Å². The van der Waals surface area contributed by atoms with Crippen LogP contribution in [-0.2, 0) is 11.3 Å². The van der Waals surface area contributed by atoms with E-state index >= 15 is 0 Å². The Balaban J connectivity index is 1.70. The average molecular weight is 267 g/mol. The van der Waals surface area contributed by atoms with Crippen LogP contribution < -0.4 is 5.32 Å². The summed E-state index contributed by atoms with van der Waals surface area (Å²) < 4.78 is 6.21. The van der Waals surface area contributed by atoms with Crippen LogP contribution in [0.2, 0.25) is 0 Å². The molecule has 3 atom stereocenters.